The molecule has 0 spiro atoms. The predicted molar refractivity (Wildman–Crippen MR) is 141 cm³/mol. The van der Waals surface area contributed by atoms with Gasteiger partial charge in [-0.15, -0.1) is 11.8 Å². The SMILES string of the molecule is CCN(CCC(C)C(O)C1SC=C(C(=O)NCc2c(C)cc(C)[nH]c2=O)C1C)C(O)OC(C)(C)C. The maximum Gasteiger partial charge on any atom is 0.253 e. The van der Waals surface area contributed by atoms with Gasteiger partial charge in [-0.3, -0.25) is 14.5 Å². The number of nitrogens with one attached hydrogen (secondary N) is 2. The Morgan fingerprint density at radius 3 is 2.54 bits per heavy atom. The molecule has 0 saturated carbocycles. The van der Waals surface area contributed by atoms with E-state index >= 15 is 0 Å². The zero-order valence-electron chi connectivity index (χ0n) is 22.3. The summed E-state index contributed by atoms with van der Waals surface area (Å²) in [6.45, 7) is 16.7. The van der Waals surface area contributed by atoms with Crippen LogP contribution >= 0.6 is 11.8 Å². The van der Waals surface area contributed by atoms with Gasteiger partial charge in [-0.1, -0.05) is 20.8 Å². The highest BCUT2D eigenvalue weighted by Gasteiger charge is 2.37. The maximum absolute atomic E-state index is 12.9. The molecule has 2 heterocycles. The van der Waals surface area contributed by atoms with Gasteiger partial charge in [-0.25, -0.2) is 0 Å². The number of pyridine rings is 1. The van der Waals surface area contributed by atoms with Crippen LogP contribution in [0.2, 0.25) is 0 Å². The molecule has 1 amide bonds. The van der Waals surface area contributed by atoms with Crippen LogP contribution in [0.15, 0.2) is 21.8 Å². The first-order chi connectivity index (χ1) is 16.2. The van der Waals surface area contributed by atoms with E-state index in [-0.39, 0.29) is 35.1 Å². The van der Waals surface area contributed by atoms with Crippen molar-refractivity contribution in [2.45, 2.75) is 91.7 Å². The number of rotatable bonds is 11. The number of aromatic amines is 1. The first kappa shape index (κ1) is 29.6. The van der Waals surface area contributed by atoms with Gasteiger partial charge in [-0.05, 0) is 70.5 Å². The van der Waals surface area contributed by atoms with E-state index in [0.29, 0.717) is 30.6 Å². The van der Waals surface area contributed by atoms with Gasteiger partial charge in [0.1, 0.15) is 0 Å². The summed E-state index contributed by atoms with van der Waals surface area (Å²) in [6.07, 6.45) is -0.927. The molecule has 8 nitrogen and oxygen atoms in total. The molecule has 35 heavy (non-hydrogen) atoms. The Bertz CT molecular complexity index is 955. The van der Waals surface area contributed by atoms with E-state index < -0.39 is 18.1 Å². The number of aliphatic hydroxyl groups excluding tert-OH is 2. The molecule has 5 unspecified atom stereocenters. The monoisotopic (exact) mass is 509 g/mol. The maximum atomic E-state index is 12.9. The fourth-order valence-corrected chi connectivity index (χ4v) is 5.68. The number of ether oxygens (including phenoxy) is 1. The number of thioether (sulfide) groups is 1. The molecule has 0 saturated heterocycles. The Morgan fingerprint density at radius 2 is 1.97 bits per heavy atom. The van der Waals surface area contributed by atoms with Crippen molar-refractivity contribution in [1.29, 1.82) is 0 Å². The second-order valence-electron chi connectivity index (χ2n) is 10.5. The summed E-state index contributed by atoms with van der Waals surface area (Å²) >= 11 is 1.48. The zero-order valence-corrected chi connectivity index (χ0v) is 23.2. The van der Waals surface area contributed by atoms with Crippen LogP contribution in [-0.4, -0.2) is 62.5 Å². The number of amides is 1. The molecule has 0 bridgehead atoms. The zero-order chi connectivity index (χ0) is 26.5. The van der Waals surface area contributed by atoms with Gasteiger partial charge < -0.3 is 25.3 Å². The second-order valence-corrected chi connectivity index (χ2v) is 11.6. The summed E-state index contributed by atoms with van der Waals surface area (Å²) in [6, 6.07) is 1.89. The summed E-state index contributed by atoms with van der Waals surface area (Å²) in [4.78, 5) is 29.7. The van der Waals surface area contributed by atoms with Crippen LogP contribution in [0, 0.1) is 25.7 Å². The number of nitrogens with zero attached hydrogens (tertiary/aromatic N) is 1. The van der Waals surface area contributed by atoms with Crippen LogP contribution in [0.5, 0.6) is 0 Å². The summed E-state index contributed by atoms with van der Waals surface area (Å²) in [5.41, 5.74) is 2.16. The highest BCUT2D eigenvalue weighted by Crippen LogP contribution is 2.40. The molecule has 0 aliphatic carbocycles. The van der Waals surface area contributed by atoms with Crippen molar-refractivity contribution in [2.24, 2.45) is 11.8 Å². The molecule has 2 rings (SSSR count). The van der Waals surface area contributed by atoms with E-state index in [9.17, 15) is 19.8 Å². The molecule has 9 heteroatoms. The molecular formula is C26H43N3O5S. The van der Waals surface area contributed by atoms with E-state index in [1.807, 2.05) is 71.8 Å². The lowest BCUT2D eigenvalue weighted by molar-refractivity contribution is -0.238. The number of carbonyl (C=O) groups excluding carboxylic acids is 1. The standard InChI is InChI=1S/C26H43N3O5S/c1-9-29(25(33)34-26(6,7)8)11-10-15(2)21(30)22-18(5)20(14-35-22)23(31)27-13-19-16(3)12-17(4)28-24(19)32/h12,14-15,18,21-22,25,30,33H,9-11,13H2,1-8H3,(H,27,31)(H,28,32). The lowest BCUT2D eigenvalue weighted by atomic mass is 9.88. The Balaban J connectivity index is 1.91. The normalized spacial score (nSPS) is 21.1. The molecule has 4 N–H and O–H groups in total. The molecule has 1 aliphatic heterocycles. The molecular weight excluding hydrogens is 466 g/mol. The van der Waals surface area contributed by atoms with Crippen molar-refractivity contribution in [3.8, 4) is 0 Å². The lowest BCUT2D eigenvalue weighted by Crippen LogP contribution is -2.43. The molecule has 0 aromatic carbocycles. The molecule has 0 radical (unpaired) electrons. The number of aliphatic hydroxyl groups is 2. The molecule has 5 atom stereocenters. The summed E-state index contributed by atoms with van der Waals surface area (Å²) in [5.74, 6) is -0.381. The van der Waals surface area contributed by atoms with Crippen LogP contribution in [0.4, 0.5) is 0 Å². The number of aromatic nitrogens is 1. The molecule has 1 aromatic rings. The molecule has 198 valence electrons. The number of hydrogen-bond acceptors (Lipinski definition) is 7. The van der Waals surface area contributed by atoms with Crippen LogP contribution in [0.25, 0.3) is 0 Å². The number of aryl methyl sites for hydroxylation is 2. The van der Waals surface area contributed by atoms with Gasteiger partial charge in [0.05, 0.1) is 11.7 Å². The number of hydrogen-bond donors (Lipinski definition) is 4. The van der Waals surface area contributed by atoms with Crippen molar-refractivity contribution < 1.29 is 19.7 Å². The highest BCUT2D eigenvalue weighted by molar-refractivity contribution is 8.03. The summed E-state index contributed by atoms with van der Waals surface area (Å²) < 4.78 is 5.66. The quantitative estimate of drug-likeness (QED) is 0.339. The third kappa shape index (κ3) is 8.18. The second kappa shape index (κ2) is 12.5. The average molecular weight is 510 g/mol. The van der Waals surface area contributed by atoms with E-state index in [0.717, 1.165) is 11.3 Å². The Labute approximate surface area is 213 Å². The Morgan fingerprint density at radius 1 is 1.31 bits per heavy atom. The number of H-pyrrole nitrogens is 1. The predicted octanol–water partition coefficient (Wildman–Crippen LogP) is 3.04. The smallest absolute Gasteiger partial charge is 0.253 e. The Hall–Kier alpha value is -1.65. The van der Waals surface area contributed by atoms with E-state index in [4.69, 9.17) is 4.74 Å². The van der Waals surface area contributed by atoms with E-state index in [1.54, 1.807) is 0 Å². The fourth-order valence-electron chi connectivity index (χ4n) is 4.24. The van der Waals surface area contributed by atoms with Gasteiger partial charge in [0.25, 0.3) is 5.56 Å². The lowest BCUT2D eigenvalue weighted by Gasteiger charge is -2.33. The van der Waals surface area contributed by atoms with E-state index in [1.165, 1.54) is 11.8 Å². The summed E-state index contributed by atoms with van der Waals surface area (Å²) in [7, 11) is 0. The van der Waals surface area contributed by atoms with Crippen LogP contribution in [0.3, 0.4) is 0 Å². The van der Waals surface area contributed by atoms with Crippen molar-refractivity contribution >= 4 is 17.7 Å². The van der Waals surface area contributed by atoms with Gasteiger partial charge in [0, 0.05) is 41.1 Å². The topological polar surface area (TPSA) is 115 Å². The summed E-state index contributed by atoms with van der Waals surface area (Å²) in [5, 5.41) is 26.0. The fraction of sp³-hybridized carbons (Fsp3) is 0.692. The van der Waals surface area contributed by atoms with Crippen molar-refractivity contribution in [3.05, 3.63) is 44.2 Å². The van der Waals surface area contributed by atoms with Crippen molar-refractivity contribution in [1.82, 2.24) is 15.2 Å². The van der Waals surface area contributed by atoms with Crippen LogP contribution < -0.4 is 10.9 Å². The van der Waals surface area contributed by atoms with Crippen LogP contribution in [-0.2, 0) is 16.1 Å². The Kier molecular flexibility index (Phi) is 10.6. The third-order valence-electron chi connectivity index (χ3n) is 6.49. The van der Waals surface area contributed by atoms with Gasteiger partial charge in [0.15, 0.2) is 0 Å². The minimum absolute atomic E-state index is 0.0320. The first-order valence-electron chi connectivity index (χ1n) is 12.4. The minimum Gasteiger partial charge on any atom is -0.392 e. The third-order valence-corrected chi connectivity index (χ3v) is 7.88. The van der Waals surface area contributed by atoms with Crippen molar-refractivity contribution in [3.63, 3.8) is 0 Å². The van der Waals surface area contributed by atoms with Gasteiger partial charge >= 0.3 is 0 Å². The van der Waals surface area contributed by atoms with Gasteiger partial charge in [-0.2, -0.15) is 0 Å². The molecule has 1 aromatic heterocycles. The van der Waals surface area contributed by atoms with Gasteiger partial charge in [0.2, 0.25) is 12.3 Å². The van der Waals surface area contributed by atoms with Crippen LogP contribution in [0.1, 0.15) is 64.8 Å². The number of carbonyl (C=O) groups is 1. The average Bonchev–Trinajstić information content (AvgIpc) is 3.12. The largest absolute Gasteiger partial charge is 0.392 e. The minimum atomic E-state index is -0.995. The first-order valence-corrected chi connectivity index (χ1v) is 13.3. The molecule has 0 fully saturated rings. The highest BCUT2D eigenvalue weighted by atomic mass is 32.2. The van der Waals surface area contributed by atoms with Crippen molar-refractivity contribution in [2.75, 3.05) is 13.1 Å². The molecule has 1 aliphatic rings. The van der Waals surface area contributed by atoms with E-state index in [2.05, 4.69) is 10.3 Å².